The SMILES string of the molecule is CCCOc1ccc(OCCSc2nc(N)nc(CC)n2)cc1. The Morgan fingerprint density at radius 2 is 1.61 bits per heavy atom. The Kier molecular flexibility index (Phi) is 6.93. The molecule has 23 heavy (non-hydrogen) atoms. The van der Waals surface area contributed by atoms with Gasteiger partial charge in [0.1, 0.15) is 17.3 Å². The van der Waals surface area contributed by atoms with Gasteiger partial charge in [0.05, 0.1) is 13.2 Å². The van der Waals surface area contributed by atoms with Crippen LogP contribution in [0.25, 0.3) is 0 Å². The fourth-order valence-corrected chi connectivity index (χ4v) is 2.46. The molecule has 0 radical (unpaired) electrons. The number of anilines is 1. The third-order valence-corrected chi connectivity index (χ3v) is 3.69. The minimum absolute atomic E-state index is 0.267. The van der Waals surface area contributed by atoms with E-state index in [9.17, 15) is 0 Å². The van der Waals surface area contributed by atoms with Gasteiger partial charge in [-0.25, -0.2) is 4.98 Å². The fraction of sp³-hybridized carbons (Fsp3) is 0.438. The Hall–Kier alpha value is -2.02. The number of ether oxygens (including phenoxy) is 2. The average Bonchev–Trinajstić information content (AvgIpc) is 2.57. The van der Waals surface area contributed by atoms with E-state index in [-0.39, 0.29) is 5.95 Å². The van der Waals surface area contributed by atoms with Gasteiger partial charge in [-0.05, 0) is 30.7 Å². The Morgan fingerprint density at radius 3 is 2.22 bits per heavy atom. The number of nitrogens with zero attached hydrogens (tertiary/aromatic N) is 3. The Morgan fingerprint density at radius 1 is 0.957 bits per heavy atom. The monoisotopic (exact) mass is 334 g/mol. The zero-order valence-electron chi connectivity index (χ0n) is 13.5. The van der Waals surface area contributed by atoms with E-state index in [0.29, 0.717) is 17.6 Å². The molecule has 2 rings (SSSR count). The number of nitrogen functional groups attached to an aromatic ring is 1. The van der Waals surface area contributed by atoms with Crippen LogP contribution in [0.5, 0.6) is 11.5 Å². The summed E-state index contributed by atoms with van der Waals surface area (Å²) in [5.41, 5.74) is 5.66. The van der Waals surface area contributed by atoms with Gasteiger partial charge in [0, 0.05) is 12.2 Å². The van der Waals surface area contributed by atoms with Gasteiger partial charge in [0.15, 0.2) is 5.16 Å². The molecule has 0 saturated heterocycles. The molecule has 0 bridgehead atoms. The zero-order valence-corrected chi connectivity index (χ0v) is 14.3. The van der Waals surface area contributed by atoms with Crippen molar-refractivity contribution in [2.45, 2.75) is 31.8 Å². The molecular weight excluding hydrogens is 312 g/mol. The van der Waals surface area contributed by atoms with E-state index < -0.39 is 0 Å². The average molecular weight is 334 g/mol. The van der Waals surface area contributed by atoms with Crippen molar-refractivity contribution < 1.29 is 9.47 Å². The first kappa shape index (κ1) is 17.3. The molecule has 0 aliphatic heterocycles. The van der Waals surface area contributed by atoms with Crippen LogP contribution in [-0.4, -0.2) is 33.9 Å². The molecule has 0 aliphatic carbocycles. The molecule has 0 aliphatic rings. The lowest BCUT2D eigenvalue weighted by Gasteiger charge is -2.08. The molecule has 124 valence electrons. The quantitative estimate of drug-likeness (QED) is 0.557. The minimum Gasteiger partial charge on any atom is -0.494 e. The molecule has 0 atom stereocenters. The topological polar surface area (TPSA) is 83.2 Å². The van der Waals surface area contributed by atoms with Crippen LogP contribution < -0.4 is 15.2 Å². The van der Waals surface area contributed by atoms with Crippen LogP contribution in [0.2, 0.25) is 0 Å². The van der Waals surface area contributed by atoms with Crippen molar-refractivity contribution in [1.29, 1.82) is 0 Å². The first-order valence-electron chi connectivity index (χ1n) is 7.70. The zero-order chi connectivity index (χ0) is 16.5. The summed E-state index contributed by atoms with van der Waals surface area (Å²) in [7, 11) is 0. The molecule has 1 aromatic carbocycles. The maximum atomic E-state index is 5.70. The number of thioether (sulfide) groups is 1. The maximum Gasteiger partial charge on any atom is 0.224 e. The van der Waals surface area contributed by atoms with Crippen LogP contribution in [0.15, 0.2) is 29.4 Å². The van der Waals surface area contributed by atoms with Crippen molar-refractivity contribution in [3.63, 3.8) is 0 Å². The molecule has 0 fully saturated rings. The van der Waals surface area contributed by atoms with Crippen molar-refractivity contribution in [1.82, 2.24) is 15.0 Å². The molecule has 2 aromatic rings. The van der Waals surface area contributed by atoms with Crippen molar-refractivity contribution in [3.05, 3.63) is 30.1 Å². The first-order valence-corrected chi connectivity index (χ1v) is 8.68. The second-order valence-electron chi connectivity index (χ2n) is 4.76. The summed E-state index contributed by atoms with van der Waals surface area (Å²) >= 11 is 1.51. The van der Waals surface area contributed by atoms with Crippen LogP contribution in [0.3, 0.4) is 0 Å². The van der Waals surface area contributed by atoms with Crippen LogP contribution in [-0.2, 0) is 6.42 Å². The summed E-state index contributed by atoms with van der Waals surface area (Å²) in [4.78, 5) is 12.5. The van der Waals surface area contributed by atoms with Gasteiger partial charge in [-0.3, -0.25) is 0 Å². The van der Waals surface area contributed by atoms with E-state index in [0.717, 1.165) is 36.7 Å². The number of benzene rings is 1. The molecule has 0 spiro atoms. The lowest BCUT2D eigenvalue weighted by molar-refractivity contribution is 0.314. The largest absolute Gasteiger partial charge is 0.494 e. The van der Waals surface area contributed by atoms with Crippen LogP contribution in [0, 0.1) is 0 Å². The smallest absolute Gasteiger partial charge is 0.224 e. The van der Waals surface area contributed by atoms with Crippen LogP contribution in [0.4, 0.5) is 5.95 Å². The van der Waals surface area contributed by atoms with Crippen LogP contribution >= 0.6 is 11.8 Å². The lowest BCUT2D eigenvalue weighted by atomic mass is 10.3. The molecule has 0 unspecified atom stereocenters. The number of aromatic nitrogens is 3. The molecule has 2 N–H and O–H groups in total. The van der Waals surface area contributed by atoms with E-state index in [1.165, 1.54) is 11.8 Å². The summed E-state index contributed by atoms with van der Waals surface area (Å²) in [6.07, 6.45) is 1.74. The summed E-state index contributed by atoms with van der Waals surface area (Å²) in [5, 5.41) is 0.640. The van der Waals surface area contributed by atoms with Crippen molar-refractivity contribution in [2.24, 2.45) is 0 Å². The van der Waals surface area contributed by atoms with Crippen molar-refractivity contribution in [3.8, 4) is 11.5 Å². The highest BCUT2D eigenvalue weighted by Gasteiger charge is 2.04. The molecule has 1 heterocycles. The Bertz CT molecular complexity index is 608. The van der Waals surface area contributed by atoms with Gasteiger partial charge in [-0.1, -0.05) is 25.6 Å². The van der Waals surface area contributed by atoms with E-state index in [1.807, 2.05) is 31.2 Å². The van der Waals surface area contributed by atoms with E-state index in [2.05, 4.69) is 21.9 Å². The Labute approximate surface area is 140 Å². The van der Waals surface area contributed by atoms with E-state index >= 15 is 0 Å². The standard InChI is InChI=1S/C16H22N4O2S/c1-3-9-21-12-5-7-13(8-6-12)22-10-11-23-16-19-14(4-2)18-15(17)20-16/h5-8H,3-4,9-11H2,1-2H3,(H2,17,18,19,20). The molecular formula is C16H22N4O2S. The third-order valence-electron chi connectivity index (χ3n) is 2.87. The summed E-state index contributed by atoms with van der Waals surface area (Å²) in [6.45, 7) is 5.36. The van der Waals surface area contributed by atoms with Crippen molar-refractivity contribution in [2.75, 3.05) is 24.7 Å². The number of nitrogens with two attached hydrogens (primary N) is 1. The number of rotatable bonds is 9. The summed E-state index contributed by atoms with van der Waals surface area (Å²) in [5.74, 6) is 3.40. The van der Waals surface area contributed by atoms with Gasteiger partial charge < -0.3 is 15.2 Å². The van der Waals surface area contributed by atoms with E-state index in [1.54, 1.807) is 0 Å². The normalized spacial score (nSPS) is 10.5. The third kappa shape index (κ3) is 5.94. The molecule has 0 amide bonds. The van der Waals surface area contributed by atoms with Crippen molar-refractivity contribution >= 4 is 17.7 Å². The summed E-state index contributed by atoms with van der Waals surface area (Å²) in [6, 6.07) is 7.65. The lowest BCUT2D eigenvalue weighted by Crippen LogP contribution is -2.05. The fourth-order valence-electron chi connectivity index (χ4n) is 1.78. The van der Waals surface area contributed by atoms with Gasteiger partial charge in [-0.2, -0.15) is 9.97 Å². The molecule has 7 heteroatoms. The summed E-state index contributed by atoms with van der Waals surface area (Å²) < 4.78 is 11.2. The molecule has 0 saturated carbocycles. The number of hydrogen-bond donors (Lipinski definition) is 1. The highest BCUT2D eigenvalue weighted by atomic mass is 32.2. The number of aryl methyl sites for hydroxylation is 1. The van der Waals surface area contributed by atoms with Gasteiger partial charge >= 0.3 is 0 Å². The predicted molar refractivity (Wildman–Crippen MR) is 92.1 cm³/mol. The molecule has 1 aromatic heterocycles. The number of hydrogen-bond acceptors (Lipinski definition) is 7. The van der Waals surface area contributed by atoms with Gasteiger partial charge in [0.2, 0.25) is 5.95 Å². The van der Waals surface area contributed by atoms with E-state index in [4.69, 9.17) is 15.2 Å². The van der Waals surface area contributed by atoms with Gasteiger partial charge in [0.25, 0.3) is 0 Å². The van der Waals surface area contributed by atoms with Gasteiger partial charge in [-0.15, -0.1) is 0 Å². The highest BCUT2D eigenvalue weighted by molar-refractivity contribution is 7.99. The molecule has 6 nitrogen and oxygen atoms in total. The highest BCUT2D eigenvalue weighted by Crippen LogP contribution is 2.19. The Balaban J connectivity index is 1.75. The minimum atomic E-state index is 0.267. The maximum absolute atomic E-state index is 5.70. The second-order valence-corrected chi connectivity index (χ2v) is 5.82. The predicted octanol–water partition coefficient (Wildman–Crippen LogP) is 2.98. The van der Waals surface area contributed by atoms with Crippen LogP contribution in [0.1, 0.15) is 26.1 Å². The first-order chi connectivity index (χ1) is 11.2. The second kappa shape index (κ2) is 9.19.